The summed E-state index contributed by atoms with van der Waals surface area (Å²) < 4.78 is 6.36. The summed E-state index contributed by atoms with van der Waals surface area (Å²) in [5, 5.41) is 14.1. The number of benzene rings is 2. The van der Waals surface area contributed by atoms with Crippen LogP contribution < -0.4 is 5.32 Å². The molecule has 10 heteroatoms. The fourth-order valence-corrected chi connectivity index (χ4v) is 3.76. The number of hydrogen-bond acceptors (Lipinski definition) is 8. The van der Waals surface area contributed by atoms with E-state index in [0.717, 1.165) is 16.8 Å². The number of carbonyl (C=O) groups is 2. The second kappa shape index (κ2) is 8.62. The molecule has 1 N–H and O–H groups in total. The van der Waals surface area contributed by atoms with Gasteiger partial charge in [-0.05, 0) is 33.7 Å². The summed E-state index contributed by atoms with van der Waals surface area (Å²) in [6.07, 6.45) is 1.65. The highest BCUT2D eigenvalue weighted by molar-refractivity contribution is 7.19. The number of nitrogens with one attached hydrogen (secondary N) is 1. The molecule has 0 radical (unpaired) electrons. The van der Waals surface area contributed by atoms with Crippen molar-refractivity contribution in [3.05, 3.63) is 72.2 Å². The lowest BCUT2D eigenvalue weighted by Gasteiger charge is -2.04. The van der Waals surface area contributed by atoms with Gasteiger partial charge < -0.3 is 10.1 Å². The van der Waals surface area contributed by atoms with Crippen LogP contribution in [0, 0.1) is 0 Å². The summed E-state index contributed by atoms with van der Waals surface area (Å²) in [5.74, 6) is -0.793. The minimum absolute atomic E-state index is 0.156. The largest absolute Gasteiger partial charge is 0.464 e. The molecule has 0 atom stereocenters. The zero-order valence-electron chi connectivity index (χ0n) is 15.8. The number of nitrogens with zero attached hydrogens (tertiary/aromatic N) is 5. The minimum atomic E-state index is -0.552. The van der Waals surface area contributed by atoms with E-state index in [1.807, 2.05) is 54.6 Å². The first-order chi connectivity index (χ1) is 14.6. The van der Waals surface area contributed by atoms with Gasteiger partial charge in [0.1, 0.15) is 6.33 Å². The van der Waals surface area contributed by atoms with E-state index in [1.54, 1.807) is 0 Å². The topological polar surface area (TPSA) is 112 Å². The quantitative estimate of drug-likeness (QED) is 0.477. The van der Waals surface area contributed by atoms with Crippen molar-refractivity contribution in [1.29, 1.82) is 0 Å². The molecule has 0 saturated heterocycles. The lowest BCUT2D eigenvalue weighted by molar-refractivity contribution is -0.115. The van der Waals surface area contributed by atoms with Gasteiger partial charge in [0.25, 0.3) is 0 Å². The monoisotopic (exact) mass is 420 g/mol. The summed E-state index contributed by atoms with van der Waals surface area (Å²) in [4.78, 5) is 29.5. The Morgan fingerprint density at radius 3 is 2.53 bits per heavy atom. The van der Waals surface area contributed by atoms with Crippen LogP contribution in [0.1, 0.15) is 16.1 Å². The fraction of sp³-hybridized carbons (Fsp3) is 0.100. The predicted molar refractivity (Wildman–Crippen MR) is 110 cm³/mol. The van der Waals surface area contributed by atoms with Crippen LogP contribution in [0.25, 0.3) is 16.1 Å². The molecule has 0 aliphatic heterocycles. The van der Waals surface area contributed by atoms with Gasteiger partial charge in [-0.2, -0.15) is 0 Å². The van der Waals surface area contributed by atoms with E-state index in [1.165, 1.54) is 29.5 Å². The average Bonchev–Trinajstić information content (AvgIpc) is 3.45. The third kappa shape index (κ3) is 4.23. The Kier molecular flexibility index (Phi) is 5.57. The number of rotatable bonds is 6. The van der Waals surface area contributed by atoms with Gasteiger partial charge >= 0.3 is 5.97 Å². The van der Waals surface area contributed by atoms with Gasteiger partial charge in [-0.25, -0.2) is 14.5 Å². The van der Waals surface area contributed by atoms with Crippen molar-refractivity contribution in [3.8, 4) is 16.1 Å². The molecule has 2 heterocycles. The van der Waals surface area contributed by atoms with Gasteiger partial charge in [-0.15, -0.1) is 5.10 Å². The van der Waals surface area contributed by atoms with Crippen LogP contribution in [0.2, 0.25) is 0 Å². The molecule has 30 heavy (non-hydrogen) atoms. The van der Waals surface area contributed by atoms with E-state index in [-0.39, 0.29) is 18.0 Å². The Morgan fingerprint density at radius 2 is 1.87 bits per heavy atom. The molecule has 0 aliphatic carbocycles. The summed E-state index contributed by atoms with van der Waals surface area (Å²) >= 11 is 1.23. The van der Waals surface area contributed by atoms with E-state index < -0.39 is 5.97 Å². The number of carbonyl (C=O) groups excluding carboxylic acids is 2. The van der Waals surface area contributed by atoms with Crippen LogP contribution in [0.3, 0.4) is 0 Å². The summed E-state index contributed by atoms with van der Waals surface area (Å²) in [6.45, 7) is 0. The number of esters is 1. The third-order valence-electron chi connectivity index (χ3n) is 4.20. The molecule has 1 amide bonds. The van der Waals surface area contributed by atoms with Crippen LogP contribution in [-0.2, 0) is 16.0 Å². The maximum atomic E-state index is 12.5. The average molecular weight is 420 g/mol. The van der Waals surface area contributed by atoms with Crippen LogP contribution in [0.4, 0.5) is 5.13 Å². The molecule has 0 saturated carbocycles. The van der Waals surface area contributed by atoms with Crippen molar-refractivity contribution >= 4 is 28.3 Å². The van der Waals surface area contributed by atoms with Crippen LogP contribution in [0.15, 0.2) is 60.9 Å². The zero-order chi connectivity index (χ0) is 20.9. The Morgan fingerprint density at radius 1 is 1.10 bits per heavy atom. The van der Waals surface area contributed by atoms with Crippen molar-refractivity contribution in [2.24, 2.45) is 0 Å². The minimum Gasteiger partial charge on any atom is -0.464 e. The van der Waals surface area contributed by atoms with Gasteiger partial charge in [0.05, 0.1) is 24.1 Å². The Labute approximate surface area is 175 Å². The molecule has 2 aromatic carbocycles. The zero-order valence-corrected chi connectivity index (χ0v) is 16.7. The number of ether oxygens (including phenoxy) is 1. The first-order valence-corrected chi connectivity index (χ1v) is 9.72. The Bertz CT molecular complexity index is 1160. The maximum absolute atomic E-state index is 12.5. The molecule has 150 valence electrons. The van der Waals surface area contributed by atoms with E-state index in [4.69, 9.17) is 4.74 Å². The molecule has 4 aromatic rings. The second-order valence-corrected chi connectivity index (χ2v) is 7.20. The van der Waals surface area contributed by atoms with E-state index >= 15 is 0 Å². The highest BCUT2D eigenvalue weighted by Crippen LogP contribution is 2.33. The highest BCUT2D eigenvalue weighted by atomic mass is 32.1. The molecule has 0 bridgehead atoms. The van der Waals surface area contributed by atoms with Gasteiger partial charge in [-0.1, -0.05) is 53.8 Å². The number of amides is 1. The third-order valence-corrected chi connectivity index (χ3v) is 5.22. The van der Waals surface area contributed by atoms with E-state index in [2.05, 4.69) is 25.8 Å². The van der Waals surface area contributed by atoms with Crippen molar-refractivity contribution in [2.75, 3.05) is 12.4 Å². The lowest BCUT2D eigenvalue weighted by atomic mass is 10.1. The molecule has 2 aromatic heterocycles. The fourth-order valence-electron chi connectivity index (χ4n) is 2.79. The smallest absolute Gasteiger partial charge is 0.358 e. The van der Waals surface area contributed by atoms with Gasteiger partial charge in [-0.3, -0.25) is 4.79 Å². The van der Waals surface area contributed by atoms with Gasteiger partial charge in [0, 0.05) is 0 Å². The number of methoxy groups -OCH3 is 1. The summed E-state index contributed by atoms with van der Waals surface area (Å²) in [7, 11) is 1.30. The van der Waals surface area contributed by atoms with Crippen LogP contribution in [0.5, 0.6) is 0 Å². The predicted octanol–water partition coefficient (Wildman–Crippen LogP) is 2.75. The molecule has 4 rings (SSSR count). The van der Waals surface area contributed by atoms with Crippen molar-refractivity contribution in [3.63, 3.8) is 0 Å². The molecule has 0 fully saturated rings. The number of tetrazole rings is 1. The first-order valence-electron chi connectivity index (χ1n) is 8.91. The van der Waals surface area contributed by atoms with Crippen molar-refractivity contribution in [1.82, 2.24) is 25.2 Å². The molecule has 0 unspecified atom stereocenters. The van der Waals surface area contributed by atoms with Crippen LogP contribution in [-0.4, -0.2) is 44.2 Å². The van der Waals surface area contributed by atoms with Crippen molar-refractivity contribution in [2.45, 2.75) is 6.42 Å². The SMILES string of the molecule is COC(=O)c1nc(NC(=O)Cc2ccc(-n3cnnn3)cc2)sc1-c1ccccc1. The summed E-state index contributed by atoms with van der Waals surface area (Å²) in [6, 6.07) is 16.7. The highest BCUT2D eigenvalue weighted by Gasteiger charge is 2.21. The number of aromatic nitrogens is 5. The molecule has 9 nitrogen and oxygen atoms in total. The van der Waals surface area contributed by atoms with Gasteiger partial charge in [0.15, 0.2) is 10.8 Å². The Hall–Kier alpha value is -3.92. The van der Waals surface area contributed by atoms with Crippen molar-refractivity contribution < 1.29 is 14.3 Å². The Balaban J connectivity index is 1.49. The normalized spacial score (nSPS) is 10.6. The van der Waals surface area contributed by atoms with Crippen LogP contribution >= 0.6 is 11.3 Å². The number of thiazole rings is 1. The lowest BCUT2D eigenvalue weighted by Crippen LogP contribution is -2.14. The standard InChI is InChI=1S/C20H16N6O3S/c1-29-19(28)17-18(14-5-3-2-4-6-14)30-20(23-17)22-16(27)11-13-7-9-15(10-8-13)26-12-21-24-25-26/h2-10,12H,11H2,1H3,(H,22,23,27). The molecule has 0 spiro atoms. The number of anilines is 1. The number of hydrogen-bond donors (Lipinski definition) is 1. The summed E-state index contributed by atoms with van der Waals surface area (Å²) in [5.41, 5.74) is 2.61. The molecule has 0 aliphatic rings. The first kappa shape index (κ1) is 19.4. The second-order valence-electron chi connectivity index (χ2n) is 6.20. The van der Waals surface area contributed by atoms with E-state index in [0.29, 0.717) is 10.0 Å². The maximum Gasteiger partial charge on any atom is 0.358 e. The molecular formula is C20H16N6O3S. The van der Waals surface area contributed by atoms with Gasteiger partial charge in [0.2, 0.25) is 5.91 Å². The van der Waals surface area contributed by atoms with E-state index in [9.17, 15) is 9.59 Å². The molecular weight excluding hydrogens is 404 g/mol.